The van der Waals surface area contributed by atoms with Crippen molar-refractivity contribution < 1.29 is 0 Å². The van der Waals surface area contributed by atoms with Crippen LogP contribution < -0.4 is 16.2 Å². The fourth-order valence-electron chi connectivity index (χ4n) is 1.21. The van der Waals surface area contributed by atoms with Crippen LogP contribution in [0.4, 0.5) is 11.8 Å². The molecule has 5 nitrogen and oxygen atoms in total. The molecule has 3 N–H and O–H groups in total. The van der Waals surface area contributed by atoms with Crippen molar-refractivity contribution in [2.75, 3.05) is 24.7 Å². The molecule has 0 aromatic carbocycles. The van der Waals surface area contributed by atoms with E-state index in [1.165, 1.54) is 0 Å². The molecule has 0 radical (unpaired) electrons. The fourth-order valence-corrected chi connectivity index (χ4v) is 1.21. The van der Waals surface area contributed by atoms with Gasteiger partial charge in [-0.3, -0.25) is 9.78 Å². The summed E-state index contributed by atoms with van der Waals surface area (Å²) in [6, 6.07) is 0. The van der Waals surface area contributed by atoms with Crippen molar-refractivity contribution in [2.24, 2.45) is 0 Å². The Balaban J connectivity index is 3.18. The highest BCUT2D eigenvalue weighted by Crippen LogP contribution is 2.08. The minimum atomic E-state index is -0.136. The van der Waals surface area contributed by atoms with Gasteiger partial charge in [0, 0.05) is 14.1 Å². The summed E-state index contributed by atoms with van der Waals surface area (Å²) in [7, 11) is 3.61. The Kier molecular flexibility index (Phi) is 3.11. The van der Waals surface area contributed by atoms with E-state index >= 15 is 0 Å². The van der Waals surface area contributed by atoms with Gasteiger partial charge in [-0.15, -0.1) is 0 Å². The van der Waals surface area contributed by atoms with E-state index in [2.05, 4.69) is 9.97 Å². The van der Waals surface area contributed by atoms with Gasteiger partial charge in [-0.1, -0.05) is 13.3 Å². The van der Waals surface area contributed by atoms with Gasteiger partial charge in [0.25, 0.3) is 5.56 Å². The maximum Gasteiger partial charge on any atom is 0.257 e. The number of nitrogens with zero attached hydrogens (tertiary/aromatic N) is 2. The zero-order chi connectivity index (χ0) is 10.7. The van der Waals surface area contributed by atoms with E-state index in [-0.39, 0.29) is 5.56 Å². The standard InChI is InChI=1S/C9H16N4O/c1-4-5-6-7(10)11-9(13(2)3)12-8(6)14/h4-5H2,1-3H3,(H3,10,11,12,14). The fraction of sp³-hybridized carbons (Fsp3) is 0.556. The summed E-state index contributed by atoms with van der Waals surface area (Å²) in [5, 5.41) is 0. The van der Waals surface area contributed by atoms with Crippen LogP contribution in [0.2, 0.25) is 0 Å². The molecule has 0 spiro atoms. The largest absolute Gasteiger partial charge is 0.383 e. The lowest BCUT2D eigenvalue weighted by atomic mass is 10.2. The molecule has 1 heterocycles. The first-order chi connectivity index (χ1) is 6.56. The highest BCUT2D eigenvalue weighted by Gasteiger charge is 2.08. The zero-order valence-corrected chi connectivity index (χ0v) is 8.79. The smallest absolute Gasteiger partial charge is 0.257 e. The minimum absolute atomic E-state index is 0.136. The summed E-state index contributed by atoms with van der Waals surface area (Å²) >= 11 is 0. The van der Waals surface area contributed by atoms with Gasteiger partial charge in [0.2, 0.25) is 5.95 Å². The number of rotatable bonds is 3. The summed E-state index contributed by atoms with van der Waals surface area (Å²) in [5.74, 6) is 0.826. The van der Waals surface area contributed by atoms with Crippen molar-refractivity contribution in [3.63, 3.8) is 0 Å². The van der Waals surface area contributed by atoms with Gasteiger partial charge in [0.15, 0.2) is 0 Å². The molecule has 0 bridgehead atoms. The Labute approximate surface area is 83.0 Å². The van der Waals surface area contributed by atoms with E-state index in [1.807, 2.05) is 6.92 Å². The van der Waals surface area contributed by atoms with Gasteiger partial charge in [0.05, 0.1) is 5.56 Å². The molecule has 78 valence electrons. The molecule has 0 fully saturated rings. The molecule has 0 aliphatic heterocycles. The first-order valence-electron chi connectivity index (χ1n) is 4.62. The van der Waals surface area contributed by atoms with E-state index in [0.29, 0.717) is 23.8 Å². The van der Waals surface area contributed by atoms with Gasteiger partial charge >= 0.3 is 0 Å². The Hall–Kier alpha value is -1.52. The van der Waals surface area contributed by atoms with E-state index in [4.69, 9.17) is 5.73 Å². The van der Waals surface area contributed by atoms with Crippen molar-refractivity contribution >= 4 is 11.8 Å². The van der Waals surface area contributed by atoms with Crippen LogP contribution in [0, 0.1) is 0 Å². The molecular formula is C9H16N4O. The maximum atomic E-state index is 11.6. The van der Waals surface area contributed by atoms with E-state index in [0.717, 1.165) is 6.42 Å². The quantitative estimate of drug-likeness (QED) is 0.732. The Morgan fingerprint density at radius 1 is 1.50 bits per heavy atom. The number of hydrogen-bond donors (Lipinski definition) is 2. The summed E-state index contributed by atoms with van der Waals surface area (Å²) in [6.07, 6.45) is 1.55. The molecule has 14 heavy (non-hydrogen) atoms. The van der Waals surface area contributed by atoms with Crippen LogP contribution in [0.25, 0.3) is 0 Å². The summed E-state index contributed by atoms with van der Waals surface area (Å²) in [5.41, 5.74) is 6.13. The lowest BCUT2D eigenvalue weighted by Crippen LogP contribution is -2.23. The van der Waals surface area contributed by atoms with E-state index in [9.17, 15) is 4.79 Å². The predicted octanol–water partition coefficient (Wildman–Crippen LogP) is 0.371. The third-order valence-corrected chi connectivity index (χ3v) is 1.96. The number of aromatic amines is 1. The first kappa shape index (κ1) is 10.6. The van der Waals surface area contributed by atoms with Crippen LogP contribution in [0.1, 0.15) is 18.9 Å². The molecule has 1 aromatic rings. The lowest BCUT2D eigenvalue weighted by Gasteiger charge is -2.12. The Morgan fingerprint density at radius 2 is 2.14 bits per heavy atom. The Bertz CT molecular complexity index is 370. The topological polar surface area (TPSA) is 75.0 Å². The predicted molar refractivity (Wildman–Crippen MR) is 57.6 cm³/mol. The molecule has 1 rings (SSSR count). The number of aromatic nitrogens is 2. The first-order valence-corrected chi connectivity index (χ1v) is 4.62. The highest BCUT2D eigenvalue weighted by atomic mass is 16.1. The van der Waals surface area contributed by atoms with Crippen molar-refractivity contribution in [3.8, 4) is 0 Å². The van der Waals surface area contributed by atoms with E-state index in [1.54, 1.807) is 19.0 Å². The second-order valence-corrected chi connectivity index (χ2v) is 3.40. The molecule has 0 aliphatic rings. The van der Waals surface area contributed by atoms with Crippen molar-refractivity contribution in [1.82, 2.24) is 9.97 Å². The van der Waals surface area contributed by atoms with Crippen LogP contribution in [0.15, 0.2) is 4.79 Å². The summed E-state index contributed by atoms with van der Waals surface area (Å²) in [4.78, 5) is 20.0. The number of hydrogen-bond acceptors (Lipinski definition) is 4. The summed E-state index contributed by atoms with van der Waals surface area (Å²) < 4.78 is 0. The van der Waals surface area contributed by atoms with Crippen LogP contribution in [-0.4, -0.2) is 24.1 Å². The van der Waals surface area contributed by atoms with E-state index < -0.39 is 0 Å². The van der Waals surface area contributed by atoms with Gasteiger partial charge in [-0.25, -0.2) is 0 Å². The number of H-pyrrole nitrogens is 1. The van der Waals surface area contributed by atoms with Crippen molar-refractivity contribution in [2.45, 2.75) is 19.8 Å². The number of anilines is 2. The van der Waals surface area contributed by atoms with Gasteiger partial charge in [0.1, 0.15) is 5.82 Å². The minimum Gasteiger partial charge on any atom is -0.383 e. The maximum absolute atomic E-state index is 11.6. The monoisotopic (exact) mass is 196 g/mol. The number of nitrogens with two attached hydrogens (primary N) is 1. The molecule has 5 heteroatoms. The molecule has 1 aromatic heterocycles. The van der Waals surface area contributed by atoms with Gasteiger partial charge < -0.3 is 10.6 Å². The van der Waals surface area contributed by atoms with Crippen molar-refractivity contribution in [3.05, 3.63) is 15.9 Å². The van der Waals surface area contributed by atoms with Crippen LogP contribution in [0.3, 0.4) is 0 Å². The average Bonchev–Trinajstić information content (AvgIpc) is 2.10. The SMILES string of the molecule is CCCc1c(N)nc(N(C)C)[nH]c1=O. The van der Waals surface area contributed by atoms with Crippen LogP contribution in [0.5, 0.6) is 0 Å². The third kappa shape index (κ3) is 2.04. The summed E-state index contributed by atoms with van der Waals surface area (Å²) in [6.45, 7) is 2.00. The molecule has 0 saturated carbocycles. The van der Waals surface area contributed by atoms with Gasteiger partial charge in [-0.2, -0.15) is 4.98 Å². The third-order valence-electron chi connectivity index (χ3n) is 1.96. The highest BCUT2D eigenvalue weighted by molar-refractivity contribution is 5.43. The number of nitrogen functional groups attached to an aromatic ring is 1. The lowest BCUT2D eigenvalue weighted by molar-refractivity contribution is 0.879. The molecule has 0 amide bonds. The zero-order valence-electron chi connectivity index (χ0n) is 8.79. The van der Waals surface area contributed by atoms with Crippen molar-refractivity contribution in [1.29, 1.82) is 0 Å². The molecule has 0 atom stereocenters. The molecule has 0 aliphatic carbocycles. The van der Waals surface area contributed by atoms with Crippen LogP contribution in [-0.2, 0) is 6.42 Å². The normalized spacial score (nSPS) is 10.2. The second-order valence-electron chi connectivity index (χ2n) is 3.40. The second kappa shape index (κ2) is 4.13. The van der Waals surface area contributed by atoms with Crippen LogP contribution >= 0.6 is 0 Å². The van der Waals surface area contributed by atoms with Gasteiger partial charge in [-0.05, 0) is 6.42 Å². The molecule has 0 saturated heterocycles. The molecule has 0 unspecified atom stereocenters. The number of nitrogens with one attached hydrogen (secondary N) is 1. The molecular weight excluding hydrogens is 180 g/mol. The Morgan fingerprint density at radius 3 is 2.57 bits per heavy atom. The average molecular weight is 196 g/mol.